The predicted octanol–water partition coefficient (Wildman–Crippen LogP) is 2.12. The highest BCUT2D eigenvalue weighted by molar-refractivity contribution is 7.98. The average Bonchev–Trinajstić information content (AvgIpc) is 2.74. The molecule has 0 atom stereocenters. The molecule has 0 unspecified atom stereocenters. The molecule has 0 radical (unpaired) electrons. The lowest BCUT2D eigenvalue weighted by Gasteiger charge is -2.04. The highest BCUT2D eigenvalue weighted by Crippen LogP contribution is 2.20. The van der Waals surface area contributed by atoms with Gasteiger partial charge < -0.3 is 9.73 Å². The summed E-state index contributed by atoms with van der Waals surface area (Å²) in [4.78, 5) is 0.238. The first-order chi connectivity index (χ1) is 9.36. The Hall–Kier alpha value is -0.500. The van der Waals surface area contributed by atoms with Gasteiger partial charge in [-0.05, 0) is 25.4 Å². The van der Waals surface area contributed by atoms with Crippen molar-refractivity contribution < 1.29 is 12.8 Å². The summed E-state index contributed by atoms with van der Waals surface area (Å²) in [6.07, 6.45) is 2.82. The Bertz CT molecular complexity index is 510. The lowest BCUT2D eigenvalue weighted by Crippen LogP contribution is -2.25. The zero-order chi connectivity index (χ0) is 15.2. The van der Waals surface area contributed by atoms with Crippen molar-refractivity contribution in [2.45, 2.75) is 44.7 Å². The fraction of sp³-hybridized carbons (Fsp3) is 0.692. The van der Waals surface area contributed by atoms with Crippen LogP contribution in [0.5, 0.6) is 0 Å². The summed E-state index contributed by atoms with van der Waals surface area (Å²) in [6.45, 7) is 6.71. The van der Waals surface area contributed by atoms with Crippen molar-refractivity contribution >= 4 is 21.8 Å². The molecule has 0 fully saturated rings. The van der Waals surface area contributed by atoms with Gasteiger partial charge in [-0.25, -0.2) is 13.1 Å². The topological polar surface area (TPSA) is 71.3 Å². The fourth-order valence-corrected chi connectivity index (χ4v) is 3.39. The van der Waals surface area contributed by atoms with Crippen molar-refractivity contribution in [3.8, 4) is 0 Å². The van der Waals surface area contributed by atoms with E-state index < -0.39 is 10.0 Å². The van der Waals surface area contributed by atoms with Crippen LogP contribution >= 0.6 is 11.8 Å². The van der Waals surface area contributed by atoms with Crippen LogP contribution in [0.15, 0.2) is 15.4 Å². The van der Waals surface area contributed by atoms with Crippen LogP contribution < -0.4 is 10.0 Å². The van der Waals surface area contributed by atoms with Gasteiger partial charge in [0.2, 0.25) is 10.0 Å². The molecule has 20 heavy (non-hydrogen) atoms. The van der Waals surface area contributed by atoms with Crippen molar-refractivity contribution in [1.29, 1.82) is 0 Å². The molecule has 0 saturated heterocycles. The second kappa shape index (κ2) is 8.07. The van der Waals surface area contributed by atoms with Crippen LogP contribution in [0.3, 0.4) is 0 Å². The number of sulfonamides is 1. The number of aryl methyl sites for hydroxylation is 1. The molecule has 0 spiro atoms. The molecule has 0 saturated carbocycles. The minimum absolute atomic E-state index is 0.238. The molecule has 116 valence electrons. The highest BCUT2D eigenvalue weighted by atomic mass is 32.2. The molecule has 0 bridgehead atoms. The minimum atomic E-state index is -3.47. The lowest BCUT2D eigenvalue weighted by molar-refractivity contribution is 0.444. The van der Waals surface area contributed by atoms with Gasteiger partial charge in [-0.3, -0.25) is 0 Å². The number of nitrogens with one attached hydrogen (secondary N) is 2. The first kappa shape index (κ1) is 17.6. The van der Waals surface area contributed by atoms with Crippen molar-refractivity contribution in [3.05, 3.63) is 17.6 Å². The van der Waals surface area contributed by atoms with Crippen molar-refractivity contribution in [3.63, 3.8) is 0 Å². The van der Waals surface area contributed by atoms with Gasteiger partial charge in [0.15, 0.2) is 0 Å². The van der Waals surface area contributed by atoms with E-state index in [1.54, 1.807) is 24.8 Å². The van der Waals surface area contributed by atoms with Gasteiger partial charge in [0.25, 0.3) is 0 Å². The smallest absolute Gasteiger partial charge is 0.244 e. The third kappa shape index (κ3) is 5.47. The summed E-state index contributed by atoms with van der Waals surface area (Å²) >= 11 is 1.70. The molecule has 2 N–H and O–H groups in total. The average molecular weight is 320 g/mol. The van der Waals surface area contributed by atoms with Crippen molar-refractivity contribution in [1.82, 2.24) is 10.0 Å². The number of hydrogen-bond acceptors (Lipinski definition) is 5. The Morgan fingerprint density at radius 3 is 2.70 bits per heavy atom. The second-order valence-electron chi connectivity index (χ2n) is 4.91. The first-order valence-corrected chi connectivity index (χ1v) is 9.56. The summed E-state index contributed by atoms with van der Waals surface area (Å²) < 4.78 is 32.4. The number of thioether (sulfide) groups is 1. The molecule has 5 nitrogen and oxygen atoms in total. The third-order valence-electron chi connectivity index (χ3n) is 2.71. The molecule has 0 aromatic carbocycles. The summed E-state index contributed by atoms with van der Waals surface area (Å²) in [7, 11) is -3.47. The van der Waals surface area contributed by atoms with E-state index in [0.717, 1.165) is 12.2 Å². The van der Waals surface area contributed by atoms with Gasteiger partial charge >= 0.3 is 0 Å². The Balaban J connectivity index is 2.69. The third-order valence-corrected chi connectivity index (χ3v) is 4.98. The second-order valence-corrected chi connectivity index (χ2v) is 7.63. The van der Waals surface area contributed by atoms with Crippen LogP contribution in [0.4, 0.5) is 0 Å². The van der Waals surface area contributed by atoms with Crippen LogP contribution in [0.25, 0.3) is 0 Å². The molecule has 1 heterocycles. The van der Waals surface area contributed by atoms with E-state index in [1.807, 2.05) is 20.1 Å². The van der Waals surface area contributed by atoms with Gasteiger partial charge in [0.1, 0.15) is 16.4 Å². The van der Waals surface area contributed by atoms with Gasteiger partial charge in [0.05, 0.1) is 6.54 Å². The Labute approximate surface area is 125 Å². The van der Waals surface area contributed by atoms with E-state index in [1.165, 1.54) is 0 Å². The van der Waals surface area contributed by atoms with Crippen LogP contribution in [0.1, 0.15) is 31.8 Å². The zero-order valence-electron chi connectivity index (χ0n) is 12.5. The van der Waals surface area contributed by atoms with Crippen LogP contribution in [0.2, 0.25) is 0 Å². The molecule has 0 aliphatic rings. The molecule has 1 aromatic rings. The number of hydrogen-bond donors (Lipinski definition) is 2. The SMILES string of the molecule is CSCCCNS(=O)(=O)c1cc(CNC(C)C)oc1C. The van der Waals surface area contributed by atoms with Crippen LogP contribution in [-0.4, -0.2) is 33.0 Å². The van der Waals surface area contributed by atoms with Gasteiger partial charge in [-0.15, -0.1) is 0 Å². The van der Waals surface area contributed by atoms with E-state index in [2.05, 4.69) is 10.0 Å². The molecular weight excluding hydrogens is 296 g/mol. The molecule has 0 aliphatic heterocycles. The van der Waals surface area contributed by atoms with E-state index in [4.69, 9.17) is 4.42 Å². The molecule has 7 heteroatoms. The summed E-state index contributed by atoms with van der Waals surface area (Å²) in [6, 6.07) is 1.92. The number of furan rings is 1. The van der Waals surface area contributed by atoms with E-state index in [-0.39, 0.29) is 4.90 Å². The van der Waals surface area contributed by atoms with Crippen LogP contribution in [-0.2, 0) is 16.6 Å². The minimum Gasteiger partial charge on any atom is -0.464 e. The fourth-order valence-electron chi connectivity index (χ4n) is 1.68. The first-order valence-electron chi connectivity index (χ1n) is 6.68. The Morgan fingerprint density at radius 2 is 2.10 bits per heavy atom. The standard InChI is InChI=1S/C13H24N2O3S2/c1-10(2)14-9-12-8-13(11(3)18-12)20(16,17)15-6-5-7-19-4/h8,10,14-15H,5-7,9H2,1-4H3. The Kier molecular flexibility index (Phi) is 7.08. The maximum absolute atomic E-state index is 12.2. The van der Waals surface area contributed by atoms with Gasteiger partial charge in [-0.1, -0.05) is 13.8 Å². The quantitative estimate of drug-likeness (QED) is 0.682. The highest BCUT2D eigenvalue weighted by Gasteiger charge is 2.20. The van der Waals surface area contributed by atoms with Gasteiger partial charge in [-0.2, -0.15) is 11.8 Å². The van der Waals surface area contributed by atoms with Gasteiger partial charge in [0, 0.05) is 18.7 Å². The maximum Gasteiger partial charge on any atom is 0.244 e. The van der Waals surface area contributed by atoms with E-state index in [9.17, 15) is 8.42 Å². The lowest BCUT2D eigenvalue weighted by atomic mass is 10.3. The monoisotopic (exact) mass is 320 g/mol. The molecule has 1 aromatic heterocycles. The number of rotatable bonds is 9. The van der Waals surface area contributed by atoms with E-state index >= 15 is 0 Å². The molecule has 0 aliphatic carbocycles. The molecule has 0 amide bonds. The molecule has 1 rings (SSSR count). The summed E-state index contributed by atoms with van der Waals surface area (Å²) in [5.74, 6) is 2.01. The Morgan fingerprint density at radius 1 is 1.40 bits per heavy atom. The normalized spacial score (nSPS) is 12.2. The van der Waals surface area contributed by atoms with Crippen molar-refractivity contribution in [2.24, 2.45) is 0 Å². The summed E-state index contributed by atoms with van der Waals surface area (Å²) in [5, 5.41) is 3.20. The largest absolute Gasteiger partial charge is 0.464 e. The zero-order valence-corrected chi connectivity index (χ0v) is 14.2. The maximum atomic E-state index is 12.2. The molecular formula is C13H24N2O3S2. The summed E-state index contributed by atoms with van der Waals surface area (Å²) in [5.41, 5.74) is 0. The van der Waals surface area contributed by atoms with E-state index in [0.29, 0.717) is 30.7 Å². The predicted molar refractivity (Wildman–Crippen MR) is 83.6 cm³/mol. The van der Waals surface area contributed by atoms with Crippen LogP contribution in [0, 0.1) is 6.92 Å². The van der Waals surface area contributed by atoms with Crippen molar-refractivity contribution in [2.75, 3.05) is 18.6 Å².